The van der Waals surface area contributed by atoms with Gasteiger partial charge in [-0.3, -0.25) is 0 Å². The molecule has 2 N–H and O–H groups in total. The lowest BCUT2D eigenvalue weighted by molar-refractivity contribution is 0.405. The first-order valence-corrected chi connectivity index (χ1v) is 5.26. The summed E-state index contributed by atoms with van der Waals surface area (Å²) in [5, 5.41) is 13.0. The van der Waals surface area contributed by atoms with Gasteiger partial charge in [-0.15, -0.1) is 0 Å². The molecule has 0 fully saturated rings. The van der Waals surface area contributed by atoms with Crippen LogP contribution in [0.2, 0.25) is 0 Å². The molecule has 0 saturated heterocycles. The number of rotatable bonds is 5. The molecule has 0 saturated carbocycles. The van der Waals surface area contributed by atoms with Crippen molar-refractivity contribution in [3.63, 3.8) is 0 Å². The third kappa shape index (κ3) is 3.44. The van der Waals surface area contributed by atoms with Gasteiger partial charge in [0.1, 0.15) is 11.5 Å². The summed E-state index contributed by atoms with van der Waals surface area (Å²) in [5.41, 5.74) is 0.899. The second-order valence-corrected chi connectivity index (χ2v) is 3.68. The Hall–Kier alpha value is -1.22. The standard InChI is InChI=1S/C12H19NO2/c1-4-9(2)13-8-10-5-6-11(15-3)7-12(10)14/h5-7,9,13-14H,4,8H2,1-3H3. The van der Waals surface area contributed by atoms with Crippen molar-refractivity contribution < 1.29 is 9.84 Å². The molecule has 3 heteroatoms. The van der Waals surface area contributed by atoms with Gasteiger partial charge in [0, 0.05) is 24.2 Å². The number of phenolic OH excluding ortho intramolecular Hbond substituents is 1. The quantitative estimate of drug-likeness (QED) is 0.781. The second-order valence-electron chi connectivity index (χ2n) is 3.68. The van der Waals surface area contributed by atoms with Crippen LogP contribution in [-0.2, 0) is 6.54 Å². The van der Waals surface area contributed by atoms with E-state index in [0.29, 0.717) is 18.3 Å². The van der Waals surface area contributed by atoms with Crippen LogP contribution in [0.5, 0.6) is 11.5 Å². The number of ether oxygens (including phenoxy) is 1. The largest absolute Gasteiger partial charge is 0.507 e. The minimum atomic E-state index is 0.283. The number of methoxy groups -OCH3 is 1. The van der Waals surface area contributed by atoms with Crippen molar-refractivity contribution >= 4 is 0 Å². The summed E-state index contributed by atoms with van der Waals surface area (Å²) in [6, 6.07) is 5.83. The van der Waals surface area contributed by atoms with Crippen LogP contribution in [0.15, 0.2) is 18.2 Å². The third-order valence-corrected chi connectivity index (χ3v) is 2.55. The lowest BCUT2D eigenvalue weighted by Crippen LogP contribution is -2.24. The highest BCUT2D eigenvalue weighted by molar-refractivity contribution is 5.39. The molecule has 1 atom stereocenters. The SMILES string of the molecule is CCC(C)NCc1ccc(OC)cc1O. The summed E-state index contributed by atoms with van der Waals surface area (Å²) in [5.74, 6) is 0.963. The molecule has 15 heavy (non-hydrogen) atoms. The van der Waals surface area contributed by atoms with Crippen LogP contribution in [0.25, 0.3) is 0 Å². The Balaban J connectivity index is 2.62. The van der Waals surface area contributed by atoms with E-state index in [0.717, 1.165) is 12.0 Å². The van der Waals surface area contributed by atoms with Crippen LogP contribution < -0.4 is 10.1 Å². The first kappa shape index (κ1) is 11.9. The Morgan fingerprint density at radius 1 is 1.47 bits per heavy atom. The number of aromatic hydroxyl groups is 1. The van der Waals surface area contributed by atoms with Crippen LogP contribution in [0.1, 0.15) is 25.8 Å². The Labute approximate surface area is 91.1 Å². The van der Waals surface area contributed by atoms with Gasteiger partial charge in [-0.25, -0.2) is 0 Å². The zero-order valence-corrected chi connectivity index (χ0v) is 9.58. The molecule has 0 radical (unpaired) electrons. The molecule has 1 aromatic rings. The molecule has 0 amide bonds. The maximum atomic E-state index is 9.69. The molecule has 1 unspecified atom stereocenters. The average molecular weight is 209 g/mol. The van der Waals surface area contributed by atoms with Crippen LogP contribution >= 0.6 is 0 Å². The van der Waals surface area contributed by atoms with Crippen LogP contribution in [0.4, 0.5) is 0 Å². The smallest absolute Gasteiger partial charge is 0.123 e. The maximum Gasteiger partial charge on any atom is 0.123 e. The summed E-state index contributed by atoms with van der Waals surface area (Å²) in [4.78, 5) is 0. The third-order valence-electron chi connectivity index (χ3n) is 2.55. The fraction of sp³-hybridized carbons (Fsp3) is 0.500. The molecule has 0 aliphatic heterocycles. The van der Waals surface area contributed by atoms with Gasteiger partial charge in [0.2, 0.25) is 0 Å². The maximum absolute atomic E-state index is 9.69. The molecule has 1 rings (SSSR count). The van der Waals surface area contributed by atoms with Crippen molar-refractivity contribution in [3.05, 3.63) is 23.8 Å². The molecule has 0 heterocycles. The molecule has 0 aliphatic rings. The van der Waals surface area contributed by atoms with Crippen molar-refractivity contribution in [2.45, 2.75) is 32.9 Å². The van der Waals surface area contributed by atoms with Crippen molar-refractivity contribution in [1.82, 2.24) is 5.32 Å². The van der Waals surface area contributed by atoms with Crippen molar-refractivity contribution in [3.8, 4) is 11.5 Å². The minimum absolute atomic E-state index is 0.283. The highest BCUT2D eigenvalue weighted by Crippen LogP contribution is 2.23. The van der Waals surface area contributed by atoms with Crippen molar-refractivity contribution in [2.24, 2.45) is 0 Å². The van der Waals surface area contributed by atoms with Gasteiger partial charge in [0.25, 0.3) is 0 Å². The predicted molar refractivity (Wildman–Crippen MR) is 61.3 cm³/mol. The van der Waals surface area contributed by atoms with Gasteiger partial charge < -0.3 is 15.2 Å². The Morgan fingerprint density at radius 2 is 2.20 bits per heavy atom. The number of phenols is 1. The molecule has 0 spiro atoms. The van der Waals surface area contributed by atoms with E-state index in [-0.39, 0.29) is 5.75 Å². The van der Waals surface area contributed by atoms with Crippen LogP contribution in [0.3, 0.4) is 0 Å². The van der Waals surface area contributed by atoms with Gasteiger partial charge in [0.05, 0.1) is 7.11 Å². The average Bonchev–Trinajstić information content (AvgIpc) is 2.26. The van der Waals surface area contributed by atoms with Crippen LogP contribution in [-0.4, -0.2) is 18.3 Å². The fourth-order valence-corrected chi connectivity index (χ4v) is 1.25. The molecule has 84 valence electrons. The van der Waals surface area contributed by atoms with Gasteiger partial charge in [-0.05, 0) is 19.4 Å². The first-order valence-electron chi connectivity index (χ1n) is 5.26. The molecule has 1 aromatic carbocycles. The Kier molecular flexibility index (Phi) is 4.43. The fourth-order valence-electron chi connectivity index (χ4n) is 1.25. The van der Waals surface area contributed by atoms with Gasteiger partial charge >= 0.3 is 0 Å². The summed E-state index contributed by atoms with van der Waals surface area (Å²) in [6.07, 6.45) is 1.08. The number of benzene rings is 1. The molecule has 0 bridgehead atoms. The molecule has 0 aliphatic carbocycles. The monoisotopic (exact) mass is 209 g/mol. The van der Waals surface area contributed by atoms with E-state index in [2.05, 4.69) is 19.2 Å². The van der Waals surface area contributed by atoms with E-state index < -0.39 is 0 Å². The minimum Gasteiger partial charge on any atom is -0.507 e. The van der Waals surface area contributed by atoms with Gasteiger partial charge in [-0.1, -0.05) is 13.0 Å². The normalized spacial score (nSPS) is 12.5. The lowest BCUT2D eigenvalue weighted by Gasteiger charge is -2.12. The Morgan fingerprint density at radius 3 is 2.73 bits per heavy atom. The molecular formula is C12H19NO2. The highest BCUT2D eigenvalue weighted by Gasteiger charge is 2.04. The van der Waals surface area contributed by atoms with E-state index in [9.17, 15) is 5.11 Å². The zero-order valence-electron chi connectivity index (χ0n) is 9.58. The van der Waals surface area contributed by atoms with Crippen LogP contribution in [0, 0.1) is 0 Å². The zero-order chi connectivity index (χ0) is 11.3. The molecule has 0 aromatic heterocycles. The molecular weight excluding hydrogens is 190 g/mol. The summed E-state index contributed by atoms with van der Waals surface area (Å²) in [6.45, 7) is 4.94. The predicted octanol–water partition coefficient (Wildman–Crippen LogP) is 2.29. The van der Waals surface area contributed by atoms with Crippen molar-refractivity contribution in [1.29, 1.82) is 0 Å². The number of hydrogen-bond donors (Lipinski definition) is 2. The van der Waals surface area contributed by atoms with E-state index in [1.807, 2.05) is 12.1 Å². The van der Waals surface area contributed by atoms with E-state index in [4.69, 9.17) is 4.74 Å². The molecule has 3 nitrogen and oxygen atoms in total. The first-order chi connectivity index (χ1) is 7.17. The Bertz CT molecular complexity index is 312. The summed E-state index contributed by atoms with van der Waals surface area (Å²) in [7, 11) is 1.59. The number of hydrogen-bond acceptors (Lipinski definition) is 3. The summed E-state index contributed by atoms with van der Waals surface area (Å²) >= 11 is 0. The highest BCUT2D eigenvalue weighted by atomic mass is 16.5. The van der Waals surface area contributed by atoms with Gasteiger partial charge in [0.15, 0.2) is 0 Å². The number of nitrogens with one attached hydrogen (secondary N) is 1. The van der Waals surface area contributed by atoms with Crippen molar-refractivity contribution in [2.75, 3.05) is 7.11 Å². The van der Waals surface area contributed by atoms with E-state index >= 15 is 0 Å². The van der Waals surface area contributed by atoms with E-state index in [1.165, 1.54) is 0 Å². The lowest BCUT2D eigenvalue weighted by atomic mass is 10.1. The summed E-state index contributed by atoms with van der Waals surface area (Å²) < 4.78 is 5.02. The topological polar surface area (TPSA) is 41.5 Å². The van der Waals surface area contributed by atoms with Gasteiger partial charge in [-0.2, -0.15) is 0 Å². The second kappa shape index (κ2) is 5.61. The van der Waals surface area contributed by atoms with E-state index in [1.54, 1.807) is 13.2 Å².